The summed E-state index contributed by atoms with van der Waals surface area (Å²) < 4.78 is 0. The molecule has 6 heteroatoms. The highest BCUT2D eigenvalue weighted by Gasteiger charge is 2.21. The van der Waals surface area contributed by atoms with E-state index in [0.717, 1.165) is 17.0 Å². The Labute approximate surface area is 141 Å². The van der Waals surface area contributed by atoms with Crippen LogP contribution in [0.4, 0.5) is 0 Å². The lowest BCUT2D eigenvalue weighted by molar-refractivity contribution is 0.0866. The van der Waals surface area contributed by atoms with Crippen LogP contribution in [0.1, 0.15) is 35.6 Å². The molecule has 0 spiro atoms. The Kier molecular flexibility index (Phi) is 5.06. The van der Waals surface area contributed by atoms with Crippen LogP contribution in [-0.4, -0.2) is 33.1 Å². The predicted octanol–water partition coefficient (Wildman–Crippen LogP) is 2.55. The van der Waals surface area contributed by atoms with Gasteiger partial charge in [0.05, 0.1) is 17.7 Å². The molecular formula is C17H21N3O2S. The van der Waals surface area contributed by atoms with Crippen LogP contribution in [0.15, 0.2) is 29.2 Å². The van der Waals surface area contributed by atoms with Crippen LogP contribution in [0.3, 0.4) is 0 Å². The highest BCUT2D eigenvalue weighted by molar-refractivity contribution is 7.80. The first kappa shape index (κ1) is 17.4. The molecule has 0 aliphatic heterocycles. The number of aliphatic hydroxyl groups is 1. The molecule has 2 rings (SSSR count). The van der Waals surface area contributed by atoms with E-state index >= 15 is 0 Å². The lowest BCUT2D eigenvalue weighted by Gasteiger charge is -2.23. The van der Waals surface area contributed by atoms with Gasteiger partial charge in [-0.3, -0.25) is 4.79 Å². The van der Waals surface area contributed by atoms with E-state index in [9.17, 15) is 9.90 Å². The fourth-order valence-electron chi connectivity index (χ4n) is 2.13. The van der Waals surface area contributed by atoms with Crippen LogP contribution in [0, 0.1) is 13.8 Å². The summed E-state index contributed by atoms with van der Waals surface area (Å²) in [7, 11) is 0. The van der Waals surface area contributed by atoms with Gasteiger partial charge in [0, 0.05) is 21.8 Å². The summed E-state index contributed by atoms with van der Waals surface area (Å²) in [5.41, 5.74) is 2.34. The number of aliphatic hydroxyl groups excluding tert-OH is 1. The molecule has 0 fully saturated rings. The largest absolute Gasteiger partial charge is 0.394 e. The van der Waals surface area contributed by atoms with E-state index in [4.69, 9.17) is 0 Å². The molecule has 0 bridgehead atoms. The minimum atomic E-state index is -0.688. The number of carbonyl (C=O) groups excluding carboxylic acids is 1. The summed E-state index contributed by atoms with van der Waals surface area (Å²) in [4.78, 5) is 21.7. The van der Waals surface area contributed by atoms with Gasteiger partial charge in [-0.2, -0.15) is 0 Å². The summed E-state index contributed by atoms with van der Waals surface area (Å²) in [6, 6.07) is 7.18. The van der Waals surface area contributed by atoms with Gasteiger partial charge in [-0.1, -0.05) is 6.07 Å². The molecule has 0 atom stereocenters. The number of nitrogens with zero attached hydrogens (tertiary/aromatic N) is 2. The zero-order valence-electron chi connectivity index (χ0n) is 13.7. The summed E-state index contributed by atoms with van der Waals surface area (Å²) >= 11 is 4.41. The number of benzene rings is 1. The van der Waals surface area contributed by atoms with Crippen molar-refractivity contribution in [1.29, 1.82) is 0 Å². The topological polar surface area (TPSA) is 75.1 Å². The van der Waals surface area contributed by atoms with Gasteiger partial charge in [-0.15, -0.1) is 12.6 Å². The second kappa shape index (κ2) is 6.68. The lowest BCUT2D eigenvalue weighted by Crippen LogP contribution is -2.46. The maximum Gasteiger partial charge on any atom is 0.252 e. The average Bonchev–Trinajstić information content (AvgIpc) is 2.45. The van der Waals surface area contributed by atoms with Gasteiger partial charge in [0.2, 0.25) is 0 Å². The molecule has 122 valence electrons. The van der Waals surface area contributed by atoms with Crippen molar-refractivity contribution in [2.24, 2.45) is 0 Å². The van der Waals surface area contributed by atoms with Crippen molar-refractivity contribution in [2.75, 3.05) is 6.61 Å². The average molecular weight is 331 g/mol. The molecule has 1 aromatic carbocycles. The molecule has 5 nitrogen and oxygen atoms in total. The quantitative estimate of drug-likeness (QED) is 0.753. The number of thiol groups is 1. The maximum atomic E-state index is 12.3. The van der Waals surface area contributed by atoms with Crippen molar-refractivity contribution >= 4 is 18.5 Å². The molecule has 0 unspecified atom stereocenters. The van der Waals surface area contributed by atoms with Crippen LogP contribution in [0.25, 0.3) is 11.4 Å². The standard InChI is InChI=1S/C17H21N3O2S/c1-10-7-11(2)19-15(18-10)12-5-6-13(14(23)8-12)16(22)20-17(3,4)9-21/h5-8,21,23H,9H2,1-4H3,(H,20,22). The molecule has 23 heavy (non-hydrogen) atoms. The molecule has 1 heterocycles. The number of hydrogen-bond acceptors (Lipinski definition) is 5. The number of carbonyl (C=O) groups is 1. The Morgan fingerprint density at radius 1 is 1.22 bits per heavy atom. The third-order valence-electron chi connectivity index (χ3n) is 3.33. The number of rotatable bonds is 4. The Bertz CT molecular complexity index is 724. The molecule has 2 aromatic rings. The highest BCUT2D eigenvalue weighted by Crippen LogP contribution is 2.23. The van der Waals surface area contributed by atoms with Crippen LogP contribution in [0.5, 0.6) is 0 Å². The fourth-order valence-corrected chi connectivity index (χ4v) is 2.45. The first-order valence-electron chi connectivity index (χ1n) is 7.31. The van der Waals surface area contributed by atoms with E-state index in [1.54, 1.807) is 32.0 Å². The monoisotopic (exact) mass is 331 g/mol. The van der Waals surface area contributed by atoms with Crippen molar-refractivity contribution < 1.29 is 9.90 Å². The number of aromatic nitrogens is 2. The first-order valence-corrected chi connectivity index (χ1v) is 7.75. The van der Waals surface area contributed by atoms with E-state index in [2.05, 4.69) is 27.9 Å². The second-order valence-electron chi connectivity index (χ2n) is 6.20. The zero-order valence-corrected chi connectivity index (χ0v) is 14.6. The van der Waals surface area contributed by atoms with Gasteiger partial charge in [0.15, 0.2) is 5.82 Å². The summed E-state index contributed by atoms with van der Waals surface area (Å²) in [6.07, 6.45) is 0. The molecule has 0 aliphatic rings. The van der Waals surface area contributed by atoms with Crippen molar-refractivity contribution in [3.05, 3.63) is 41.2 Å². The Balaban J connectivity index is 2.32. The minimum absolute atomic E-state index is 0.144. The van der Waals surface area contributed by atoms with Gasteiger partial charge in [-0.25, -0.2) is 9.97 Å². The van der Waals surface area contributed by atoms with Crippen molar-refractivity contribution in [1.82, 2.24) is 15.3 Å². The van der Waals surface area contributed by atoms with Crippen molar-refractivity contribution in [3.63, 3.8) is 0 Å². The van der Waals surface area contributed by atoms with E-state index in [1.807, 2.05) is 19.9 Å². The molecule has 0 saturated heterocycles. The predicted molar refractivity (Wildman–Crippen MR) is 92.8 cm³/mol. The Morgan fingerprint density at radius 2 is 1.83 bits per heavy atom. The molecule has 1 aromatic heterocycles. The molecule has 0 saturated carbocycles. The Morgan fingerprint density at radius 3 is 2.35 bits per heavy atom. The number of amides is 1. The minimum Gasteiger partial charge on any atom is -0.394 e. The SMILES string of the molecule is Cc1cc(C)nc(-c2ccc(C(=O)NC(C)(C)CO)c(S)c2)n1. The van der Waals surface area contributed by atoms with Crippen LogP contribution >= 0.6 is 12.6 Å². The molecule has 2 N–H and O–H groups in total. The van der Waals surface area contributed by atoms with E-state index in [0.29, 0.717) is 16.3 Å². The number of hydrogen-bond donors (Lipinski definition) is 3. The number of nitrogens with one attached hydrogen (secondary N) is 1. The van der Waals surface area contributed by atoms with Crippen LogP contribution in [0.2, 0.25) is 0 Å². The summed E-state index contributed by atoms with van der Waals surface area (Å²) in [5.74, 6) is 0.336. The van der Waals surface area contributed by atoms with Crippen LogP contribution in [-0.2, 0) is 0 Å². The first-order chi connectivity index (χ1) is 10.7. The van der Waals surface area contributed by atoms with Crippen molar-refractivity contribution in [3.8, 4) is 11.4 Å². The third kappa shape index (κ3) is 4.30. The van der Waals surface area contributed by atoms with Gasteiger partial charge in [0.1, 0.15) is 0 Å². The van der Waals surface area contributed by atoms with Gasteiger partial charge >= 0.3 is 0 Å². The Hall–Kier alpha value is -1.92. The maximum absolute atomic E-state index is 12.3. The third-order valence-corrected chi connectivity index (χ3v) is 3.70. The summed E-state index contributed by atoms with van der Waals surface area (Å²) in [5, 5.41) is 12.0. The lowest BCUT2D eigenvalue weighted by atomic mass is 10.1. The second-order valence-corrected chi connectivity index (χ2v) is 6.68. The molecule has 1 amide bonds. The summed E-state index contributed by atoms with van der Waals surface area (Å²) in [6.45, 7) is 7.19. The van der Waals surface area contributed by atoms with Crippen molar-refractivity contribution in [2.45, 2.75) is 38.1 Å². The number of aryl methyl sites for hydroxylation is 2. The molecule has 0 radical (unpaired) electrons. The zero-order chi connectivity index (χ0) is 17.2. The van der Waals surface area contributed by atoms with E-state index in [-0.39, 0.29) is 12.5 Å². The fraction of sp³-hybridized carbons (Fsp3) is 0.353. The molecular weight excluding hydrogens is 310 g/mol. The molecule has 0 aliphatic carbocycles. The van der Waals surface area contributed by atoms with Gasteiger partial charge in [-0.05, 0) is 45.9 Å². The normalized spacial score (nSPS) is 11.4. The highest BCUT2D eigenvalue weighted by atomic mass is 32.1. The smallest absolute Gasteiger partial charge is 0.252 e. The van der Waals surface area contributed by atoms with E-state index < -0.39 is 5.54 Å². The van der Waals surface area contributed by atoms with Gasteiger partial charge in [0.25, 0.3) is 5.91 Å². The van der Waals surface area contributed by atoms with Gasteiger partial charge < -0.3 is 10.4 Å². The van der Waals surface area contributed by atoms with E-state index in [1.165, 1.54) is 0 Å². The van der Waals surface area contributed by atoms with Crippen LogP contribution < -0.4 is 5.32 Å².